The van der Waals surface area contributed by atoms with Crippen molar-refractivity contribution in [2.24, 2.45) is 0 Å². The summed E-state index contributed by atoms with van der Waals surface area (Å²) in [6.45, 7) is 0. The van der Waals surface area contributed by atoms with Crippen LogP contribution >= 0.6 is 11.6 Å². The lowest BCUT2D eigenvalue weighted by molar-refractivity contribution is 0.473. The van der Waals surface area contributed by atoms with E-state index in [0.717, 1.165) is 0 Å². The third-order valence-corrected chi connectivity index (χ3v) is 1.76. The monoisotopic (exact) mass is 205 g/mol. The molecule has 1 aromatic carbocycles. The highest BCUT2D eigenvalue weighted by atomic mass is 35.5. The Kier molecular flexibility index (Phi) is 3.85. The molecule has 1 aromatic rings. The summed E-state index contributed by atoms with van der Waals surface area (Å²) in [7, 11) is 0. The molecule has 0 aliphatic carbocycles. The lowest BCUT2D eigenvalue weighted by atomic mass is 10.1. The molecule has 0 fully saturated rings. The smallest absolute Gasteiger partial charge is 0.133 e. The topological polar surface area (TPSA) is 44.0 Å². The third-order valence-electron chi connectivity index (χ3n) is 1.57. The molecular formula is C11H8ClNO. The van der Waals surface area contributed by atoms with Gasteiger partial charge in [-0.3, -0.25) is 0 Å². The second-order valence-electron chi connectivity index (χ2n) is 2.58. The van der Waals surface area contributed by atoms with E-state index in [2.05, 4.69) is 11.8 Å². The molecule has 2 nitrogen and oxygen atoms in total. The van der Waals surface area contributed by atoms with Crippen molar-refractivity contribution in [1.29, 1.82) is 5.26 Å². The number of nitrogens with zero attached hydrogens (tertiary/aromatic N) is 1. The number of hydrogen-bond donors (Lipinski definition) is 1. The molecule has 0 heterocycles. The van der Waals surface area contributed by atoms with Gasteiger partial charge in [-0.1, -0.05) is 11.8 Å². The second-order valence-corrected chi connectivity index (χ2v) is 2.96. The Hall–Kier alpha value is -1.64. The van der Waals surface area contributed by atoms with Crippen molar-refractivity contribution >= 4 is 11.6 Å². The van der Waals surface area contributed by atoms with Gasteiger partial charge in [0.15, 0.2) is 0 Å². The predicted molar refractivity (Wildman–Crippen MR) is 55.0 cm³/mol. The molecule has 0 atom stereocenters. The highest BCUT2D eigenvalue weighted by Crippen LogP contribution is 2.16. The van der Waals surface area contributed by atoms with E-state index >= 15 is 0 Å². The van der Waals surface area contributed by atoms with Crippen LogP contribution in [0.4, 0.5) is 0 Å². The molecule has 0 aromatic heterocycles. The minimum atomic E-state index is -0.0182. The first-order valence-corrected chi connectivity index (χ1v) is 4.59. The minimum Gasteiger partial charge on any atom is -0.507 e. The van der Waals surface area contributed by atoms with Crippen molar-refractivity contribution in [2.75, 3.05) is 5.88 Å². The van der Waals surface area contributed by atoms with Crippen LogP contribution in [-0.2, 0) is 0 Å². The fourth-order valence-electron chi connectivity index (χ4n) is 0.915. The maximum atomic E-state index is 9.21. The Morgan fingerprint density at radius 2 is 2.21 bits per heavy atom. The molecule has 1 N–H and O–H groups in total. The van der Waals surface area contributed by atoms with Gasteiger partial charge in [-0.15, -0.1) is 11.6 Å². The molecule has 0 unspecified atom stereocenters. The number of nitriles is 1. The van der Waals surface area contributed by atoms with Gasteiger partial charge < -0.3 is 5.11 Å². The average molecular weight is 206 g/mol. The molecule has 3 heteroatoms. The van der Waals surface area contributed by atoms with Gasteiger partial charge in [0.25, 0.3) is 0 Å². The van der Waals surface area contributed by atoms with E-state index in [1.165, 1.54) is 6.07 Å². The summed E-state index contributed by atoms with van der Waals surface area (Å²) in [6, 6.07) is 6.56. The Bertz CT molecular complexity index is 423. The largest absolute Gasteiger partial charge is 0.507 e. The fraction of sp³-hybridized carbons (Fsp3) is 0.182. The summed E-state index contributed by atoms with van der Waals surface area (Å²) in [5, 5.41) is 17.8. The number of phenolic OH excluding ortho intramolecular Hbond substituents is 1. The maximum Gasteiger partial charge on any atom is 0.133 e. The van der Waals surface area contributed by atoms with Gasteiger partial charge in [0.05, 0.1) is 5.56 Å². The molecule has 14 heavy (non-hydrogen) atoms. The van der Waals surface area contributed by atoms with Crippen LogP contribution in [-0.4, -0.2) is 11.0 Å². The fourth-order valence-corrected chi connectivity index (χ4v) is 1.01. The van der Waals surface area contributed by atoms with Gasteiger partial charge in [-0.05, 0) is 18.2 Å². The maximum absolute atomic E-state index is 9.21. The van der Waals surface area contributed by atoms with Crippen molar-refractivity contribution in [1.82, 2.24) is 0 Å². The van der Waals surface area contributed by atoms with E-state index in [-0.39, 0.29) is 11.3 Å². The Morgan fingerprint density at radius 3 is 2.86 bits per heavy atom. The molecule has 0 bridgehead atoms. The van der Waals surface area contributed by atoms with Gasteiger partial charge in [-0.2, -0.15) is 5.26 Å². The van der Waals surface area contributed by atoms with Gasteiger partial charge in [-0.25, -0.2) is 0 Å². The lowest BCUT2D eigenvalue weighted by Crippen LogP contribution is -1.80. The van der Waals surface area contributed by atoms with E-state index in [1.54, 1.807) is 12.1 Å². The van der Waals surface area contributed by atoms with Crippen LogP contribution in [0.5, 0.6) is 5.75 Å². The van der Waals surface area contributed by atoms with Crippen LogP contribution in [0.2, 0.25) is 0 Å². The molecule has 70 valence electrons. The van der Waals surface area contributed by atoms with Crippen LogP contribution in [0.1, 0.15) is 17.5 Å². The second kappa shape index (κ2) is 5.17. The lowest BCUT2D eigenvalue weighted by Gasteiger charge is -1.95. The normalized spacial score (nSPS) is 8.57. The molecule has 0 spiro atoms. The SMILES string of the molecule is N#Cc1cc(C#CCCCl)ccc1O. The summed E-state index contributed by atoms with van der Waals surface area (Å²) in [4.78, 5) is 0. The summed E-state index contributed by atoms with van der Waals surface area (Å²) in [5.74, 6) is 6.18. The molecule has 0 saturated heterocycles. The van der Waals surface area contributed by atoms with Crippen LogP contribution < -0.4 is 0 Å². The molecule has 0 aliphatic heterocycles. The van der Waals surface area contributed by atoms with E-state index < -0.39 is 0 Å². The van der Waals surface area contributed by atoms with Crippen molar-refractivity contribution in [2.45, 2.75) is 6.42 Å². The number of hydrogen-bond acceptors (Lipinski definition) is 2. The molecule has 0 saturated carbocycles. The average Bonchev–Trinajstić information content (AvgIpc) is 2.21. The van der Waals surface area contributed by atoms with Crippen molar-refractivity contribution in [3.63, 3.8) is 0 Å². The minimum absolute atomic E-state index is 0.0182. The summed E-state index contributed by atoms with van der Waals surface area (Å²) >= 11 is 5.46. The van der Waals surface area contributed by atoms with Gasteiger partial charge in [0, 0.05) is 17.9 Å². The first-order valence-electron chi connectivity index (χ1n) is 4.06. The highest BCUT2D eigenvalue weighted by molar-refractivity contribution is 6.18. The quantitative estimate of drug-likeness (QED) is 0.565. The number of rotatable bonds is 1. The van der Waals surface area contributed by atoms with E-state index in [0.29, 0.717) is 17.9 Å². The Morgan fingerprint density at radius 1 is 1.43 bits per heavy atom. The zero-order valence-electron chi connectivity index (χ0n) is 7.42. The molecule has 0 amide bonds. The van der Waals surface area contributed by atoms with Gasteiger partial charge >= 0.3 is 0 Å². The first-order chi connectivity index (χ1) is 6.77. The number of aromatic hydroxyl groups is 1. The van der Waals surface area contributed by atoms with Crippen LogP contribution in [0, 0.1) is 23.2 Å². The zero-order chi connectivity index (χ0) is 10.4. The van der Waals surface area contributed by atoms with Crippen LogP contribution in [0.3, 0.4) is 0 Å². The third kappa shape index (κ3) is 2.69. The number of alkyl halides is 1. The Labute approximate surface area is 87.7 Å². The summed E-state index contributed by atoms with van der Waals surface area (Å²) < 4.78 is 0. The molecule has 1 rings (SSSR count). The van der Waals surface area contributed by atoms with Crippen molar-refractivity contribution in [3.05, 3.63) is 29.3 Å². The summed E-state index contributed by atoms with van der Waals surface area (Å²) in [5.41, 5.74) is 0.951. The van der Waals surface area contributed by atoms with E-state index in [1.807, 2.05) is 6.07 Å². The zero-order valence-corrected chi connectivity index (χ0v) is 8.17. The van der Waals surface area contributed by atoms with E-state index in [4.69, 9.17) is 16.9 Å². The highest BCUT2D eigenvalue weighted by Gasteiger charge is 1.98. The Balaban J connectivity index is 2.93. The van der Waals surface area contributed by atoms with Crippen LogP contribution in [0.25, 0.3) is 0 Å². The molecule has 0 aliphatic rings. The first kappa shape index (κ1) is 10.4. The van der Waals surface area contributed by atoms with E-state index in [9.17, 15) is 5.11 Å². The van der Waals surface area contributed by atoms with Crippen molar-refractivity contribution < 1.29 is 5.11 Å². The van der Waals surface area contributed by atoms with Crippen LogP contribution in [0.15, 0.2) is 18.2 Å². The van der Waals surface area contributed by atoms with Crippen molar-refractivity contribution in [3.8, 4) is 23.7 Å². The standard InChI is InChI=1S/C11H8ClNO/c12-6-2-1-3-9-4-5-11(14)10(7-9)8-13/h4-5,7,14H,2,6H2. The molecular weight excluding hydrogens is 198 g/mol. The number of halogens is 1. The number of benzene rings is 1. The van der Waals surface area contributed by atoms with Gasteiger partial charge in [0.2, 0.25) is 0 Å². The molecule has 0 radical (unpaired) electrons. The number of phenols is 1. The van der Waals surface area contributed by atoms with Gasteiger partial charge in [0.1, 0.15) is 11.8 Å². The predicted octanol–water partition coefficient (Wildman–Crippen LogP) is 2.24. The summed E-state index contributed by atoms with van der Waals surface area (Å²) in [6.07, 6.45) is 0.615.